The van der Waals surface area contributed by atoms with Crippen molar-refractivity contribution in [3.8, 4) is 17.3 Å². The molecule has 0 unspecified atom stereocenters. The lowest BCUT2D eigenvalue weighted by Gasteiger charge is -2.12. The van der Waals surface area contributed by atoms with Gasteiger partial charge in [-0.1, -0.05) is 40.2 Å². The average molecular weight is 420 g/mol. The predicted molar refractivity (Wildman–Crippen MR) is 107 cm³/mol. The number of halogens is 1. The molecule has 0 bridgehead atoms. The van der Waals surface area contributed by atoms with Crippen LogP contribution in [0.4, 0.5) is 0 Å². The molecule has 6 heteroatoms. The van der Waals surface area contributed by atoms with Crippen LogP contribution >= 0.6 is 15.9 Å². The maximum absolute atomic E-state index is 12.5. The number of carbonyl (C=O) groups excluding carboxylic acids is 1. The fraction of sp³-hybridized carbons (Fsp3) is 0.0952. The molecule has 2 aromatic carbocycles. The van der Waals surface area contributed by atoms with Gasteiger partial charge in [-0.05, 0) is 42.8 Å². The van der Waals surface area contributed by atoms with E-state index in [9.17, 15) is 10.1 Å². The summed E-state index contributed by atoms with van der Waals surface area (Å²) in [7, 11) is 0. The number of rotatable bonds is 3. The maximum Gasteiger partial charge on any atom is 0.339 e. The van der Waals surface area contributed by atoms with Gasteiger partial charge in [0.1, 0.15) is 11.6 Å². The number of para-hydroxylation sites is 2. The lowest BCUT2D eigenvalue weighted by molar-refractivity contribution is 0.0526. The molecule has 0 aliphatic rings. The average Bonchev–Trinajstić information content (AvgIpc) is 3.07. The SMILES string of the molecule is CCOC(=O)c1cc(-c2ccc(Br)cc2)n2c(nc3ccccc32)c1C#N. The number of esters is 1. The summed E-state index contributed by atoms with van der Waals surface area (Å²) in [6, 6.07) is 19.3. The molecule has 2 heterocycles. The Morgan fingerprint density at radius 3 is 2.67 bits per heavy atom. The van der Waals surface area contributed by atoms with Crippen molar-refractivity contribution in [1.82, 2.24) is 9.38 Å². The van der Waals surface area contributed by atoms with E-state index in [4.69, 9.17) is 4.74 Å². The van der Waals surface area contributed by atoms with Gasteiger partial charge in [0.2, 0.25) is 0 Å². The zero-order valence-corrected chi connectivity index (χ0v) is 16.0. The van der Waals surface area contributed by atoms with E-state index >= 15 is 0 Å². The molecular weight excluding hydrogens is 406 g/mol. The Balaban J connectivity index is 2.15. The van der Waals surface area contributed by atoms with Gasteiger partial charge in [-0.15, -0.1) is 0 Å². The monoisotopic (exact) mass is 419 g/mol. The van der Waals surface area contributed by atoms with Crippen LogP contribution in [-0.2, 0) is 4.74 Å². The van der Waals surface area contributed by atoms with Crippen LogP contribution in [0.3, 0.4) is 0 Å². The number of hydrogen-bond acceptors (Lipinski definition) is 4. The van der Waals surface area contributed by atoms with Crippen molar-refractivity contribution in [2.45, 2.75) is 6.92 Å². The molecule has 0 N–H and O–H groups in total. The minimum atomic E-state index is -0.526. The van der Waals surface area contributed by atoms with Crippen LogP contribution in [0.25, 0.3) is 27.9 Å². The normalized spacial score (nSPS) is 10.9. The molecule has 2 aromatic heterocycles. The number of fused-ring (bicyclic) bond motifs is 3. The van der Waals surface area contributed by atoms with E-state index in [1.807, 2.05) is 52.9 Å². The molecule has 27 heavy (non-hydrogen) atoms. The molecule has 4 rings (SSSR count). The third-order valence-electron chi connectivity index (χ3n) is 4.32. The molecule has 0 aliphatic carbocycles. The maximum atomic E-state index is 12.5. The number of nitrogens with zero attached hydrogens (tertiary/aromatic N) is 3. The summed E-state index contributed by atoms with van der Waals surface area (Å²) < 4.78 is 8.04. The number of hydrogen-bond donors (Lipinski definition) is 0. The molecule has 0 saturated heterocycles. The molecule has 132 valence electrons. The summed E-state index contributed by atoms with van der Waals surface area (Å²) in [5, 5.41) is 9.74. The highest BCUT2D eigenvalue weighted by molar-refractivity contribution is 9.10. The van der Waals surface area contributed by atoms with E-state index in [1.165, 1.54) is 0 Å². The van der Waals surface area contributed by atoms with Crippen LogP contribution in [0.1, 0.15) is 22.8 Å². The van der Waals surface area contributed by atoms with E-state index in [1.54, 1.807) is 13.0 Å². The Morgan fingerprint density at radius 2 is 1.96 bits per heavy atom. The second-order valence-corrected chi connectivity index (χ2v) is 6.83. The van der Waals surface area contributed by atoms with Crippen molar-refractivity contribution in [2.75, 3.05) is 6.61 Å². The number of carbonyl (C=O) groups is 1. The summed E-state index contributed by atoms with van der Waals surface area (Å²) in [6.07, 6.45) is 0. The van der Waals surface area contributed by atoms with Crippen molar-refractivity contribution in [3.63, 3.8) is 0 Å². The lowest BCUT2D eigenvalue weighted by atomic mass is 10.0. The molecule has 0 saturated carbocycles. The Hall–Kier alpha value is -3.17. The number of benzene rings is 2. The van der Waals surface area contributed by atoms with Gasteiger partial charge in [-0.2, -0.15) is 5.26 Å². The molecule has 0 aliphatic heterocycles. The van der Waals surface area contributed by atoms with Gasteiger partial charge in [0.25, 0.3) is 0 Å². The zero-order chi connectivity index (χ0) is 19.0. The molecular formula is C21H14BrN3O2. The summed E-state index contributed by atoms with van der Waals surface area (Å²) in [5.41, 5.74) is 4.19. The number of nitriles is 1. The Labute approximate surface area is 164 Å². The van der Waals surface area contributed by atoms with E-state index in [0.717, 1.165) is 26.8 Å². The second kappa shape index (κ2) is 6.86. The molecule has 0 atom stereocenters. The number of imidazole rings is 1. The number of aromatic nitrogens is 2. The minimum Gasteiger partial charge on any atom is -0.462 e. The first-order valence-electron chi connectivity index (χ1n) is 8.41. The molecule has 0 radical (unpaired) electrons. The van der Waals surface area contributed by atoms with E-state index < -0.39 is 5.97 Å². The highest BCUT2D eigenvalue weighted by Gasteiger charge is 2.22. The quantitative estimate of drug-likeness (QED) is 0.439. The summed E-state index contributed by atoms with van der Waals surface area (Å²) in [5.74, 6) is -0.526. The van der Waals surface area contributed by atoms with E-state index in [-0.39, 0.29) is 17.7 Å². The Bertz CT molecular complexity index is 1220. The zero-order valence-electron chi connectivity index (χ0n) is 14.4. The first kappa shape index (κ1) is 17.3. The van der Waals surface area contributed by atoms with Gasteiger partial charge < -0.3 is 4.74 Å². The van der Waals surface area contributed by atoms with Crippen molar-refractivity contribution in [3.05, 3.63) is 70.2 Å². The minimum absolute atomic E-state index is 0.213. The lowest BCUT2D eigenvalue weighted by Crippen LogP contribution is -2.10. The van der Waals surface area contributed by atoms with Crippen molar-refractivity contribution in [1.29, 1.82) is 5.26 Å². The molecule has 0 fully saturated rings. The first-order valence-corrected chi connectivity index (χ1v) is 9.20. The van der Waals surface area contributed by atoms with Gasteiger partial charge in [0, 0.05) is 4.47 Å². The fourth-order valence-electron chi connectivity index (χ4n) is 3.14. The van der Waals surface area contributed by atoms with Crippen LogP contribution in [0.15, 0.2) is 59.1 Å². The Morgan fingerprint density at radius 1 is 1.22 bits per heavy atom. The molecule has 0 amide bonds. The Kier molecular flexibility index (Phi) is 4.38. The largest absolute Gasteiger partial charge is 0.462 e. The molecule has 0 spiro atoms. The number of ether oxygens (including phenoxy) is 1. The third kappa shape index (κ3) is 2.86. The molecule has 5 nitrogen and oxygen atoms in total. The van der Waals surface area contributed by atoms with Crippen LogP contribution in [0.5, 0.6) is 0 Å². The van der Waals surface area contributed by atoms with Crippen molar-refractivity contribution >= 4 is 38.6 Å². The first-order chi connectivity index (χ1) is 13.1. The van der Waals surface area contributed by atoms with E-state index in [2.05, 4.69) is 27.0 Å². The van der Waals surface area contributed by atoms with Crippen LogP contribution in [0, 0.1) is 11.3 Å². The topological polar surface area (TPSA) is 67.4 Å². The van der Waals surface area contributed by atoms with Crippen molar-refractivity contribution < 1.29 is 9.53 Å². The van der Waals surface area contributed by atoms with Gasteiger partial charge in [-0.25, -0.2) is 9.78 Å². The smallest absolute Gasteiger partial charge is 0.339 e. The van der Waals surface area contributed by atoms with Crippen LogP contribution in [-0.4, -0.2) is 22.0 Å². The van der Waals surface area contributed by atoms with Gasteiger partial charge >= 0.3 is 5.97 Å². The standard InChI is InChI=1S/C21H14BrN3O2/c1-2-27-21(26)15-11-19(13-7-9-14(22)10-8-13)25-18-6-4-3-5-17(18)24-20(25)16(15)12-23/h3-11H,2H2,1H3. The van der Waals surface area contributed by atoms with Gasteiger partial charge in [0.05, 0.1) is 28.9 Å². The highest BCUT2D eigenvalue weighted by Crippen LogP contribution is 2.31. The van der Waals surface area contributed by atoms with Gasteiger partial charge in [-0.3, -0.25) is 4.40 Å². The third-order valence-corrected chi connectivity index (χ3v) is 4.85. The van der Waals surface area contributed by atoms with Crippen LogP contribution in [0.2, 0.25) is 0 Å². The highest BCUT2D eigenvalue weighted by atomic mass is 79.9. The summed E-state index contributed by atoms with van der Waals surface area (Å²) in [4.78, 5) is 17.1. The number of pyridine rings is 1. The molecule has 4 aromatic rings. The van der Waals surface area contributed by atoms with Crippen LogP contribution < -0.4 is 0 Å². The summed E-state index contributed by atoms with van der Waals surface area (Å²) >= 11 is 3.44. The summed E-state index contributed by atoms with van der Waals surface area (Å²) in [6.45, 7) is 1.97. The fourth-order valence-corrected chi connectivity index (χ4v) is 3.41. The van der Waals surface area contributed by atoms with Crippen molar-refractivity contribution in [2.24, 2.45) is 0 Å². The van der Waals surface area contributed by atoms with Gasteiger partial charge in [0.15, 0.2) is 5.65 Å². The predicted octanol–water partition coefficient (Wildman–Crippen LogP) is 4.97. The van der Waals surface area contributed by atoms with E-state index in [0.29, 0.717) is 5.65 Å². The second-order valence-electron chi connectivity index (χ2n) is 5.92.